The van der Waals surface area contributed by atoms with E-state index >= 15 is 0 Å². The van der Waals surface area contributed by atoms with Crippen molar-refractivity contribution in [3.63, 3.8) is 0 Å². The quantitative estimate of drug-likeness (QED) is 0.756. The summed E-state index contributed by atoms with van der Waals surface area (Å²) in [4.78, 5) is -0.140. The standard InChI is InChI=1S/C16H16BrFO2/c1-10-4-5-11(18)8-14(10)16(17)13-7-6-12(19-2)9-15(13)20-3/h4-9,16H,1-3H3. The Labute approximate surface area is 126 Å². The van der Waals surface area contributed by atoms with Gasteiger partial charge in [-0.15, -0.1) is 0 Å². The molecule has 2 aromatic carbocycles. The Balaban J connectivity index is 2.47. The van der Waals surface area contributed by atoms with Crippen molar-refractivity contribution in [3.05, 3.63) is 58.9 Å². The van der Waals surface area contributed by atoms with Gasteiger partial charge < -0.3 is 9.47 Å². The highest BCUT2D eigenvalue weighted by Gasteiger charge is 2.18. The van der Waals surface area contributed by atoms with Crippen LogP contribution >= 0.6 is 15.9 Å². The fourth-order valence-corrected chi connectivity index (χ4v) is 2.95. The largest absolute Gasteiger partial charge is 0.497 e. The van der Waals surface area contributed by atoms with Gasteiger partial charge in [0, 0.05) is 11.6 Å². The molecule has 0 amide bonds. The maximum atomic E-state index is 13.5. The molecule has 2 rings (SSSR count). The summed E-state index contributed by atoms with van der Waals surface area (Å²) in [5.74, 6) is 1.18. The van der Waals surface area contributed by atoms with Crippen molar-refractivity contribution in [3.8, 4) is 11.5 Å². The third kappa shape index (κ3) is 2.96. The number of ether oxygens (including phenoxy) is 2. The van der Waals surface area contributed by atoms with Crippen LogP contribution in [0.4, 0.5) is 4.39 Å². The molecule has 0 saturated carbocycles. The van der Waals surface area contributed by atoms with Gasteiger partial charge in [-0.05, 0) is 36.2 Å². The second-order valence-electron chi connectivity index (χ2n) is 4.47. The molecule has 0 heterocycles. The minimum absolute atomic E-state index is 0.140. The van der Waals surface area contributed by atoms with E-state index in [0.717, 1.165) is 22.4 Å². The summed E-state index contributed by atoms with van der Waals surface area (Å²) in [7, 11) is 3.22. The summed E-state index contributed by atoms with van der Waals surface area (Å²) in [6, 6.07) is 10.4. The molecule has 0 bridgehead atoms. The van der Waals surface area contributed by atoms with Crippen molar-refractivity contribution < 1.29 is 13.9 Å². The van der Waals surface area contributed by atoms with Gasteiger partial charge in [-0.1, -0.05) is 28.1 Å². The highest BCUT2D eigenvalue weighted by Crippen LogP contribution is 2.39. The Kier molecular flexibility index (Phi) is 4.65. The maximum Gasteiger partial charge on any atom is 0.127 e. The highest BCUT2D eigenvalue weighted by molar-refractivity contribution is 9.09. The molecule has 0 fully saturated rings. The summed E-state index contributed by atoms with van der Waals surface area (Å²) in [6.07, 6.45) is 0. The maximum absolute atomic E-state index is 13.5. The Bertz CT molecular complexity index is 613. The zero-order chi connectivity index (χ0) is 14.7. The van der Waals surface area contributed by atoms with E-state index in [-0.39, 0.29) is 10.6 Å². The van der Waals surface area contributed by atoms with Crippen molar-refractivity contribution in [1.29, 1.82) is 0 Å². The first kappa shape index (κ1) is 14.9. The third-order valence-corrected chi connectivity index (χ3v) is 4.21. The molecule has 1 atom stereocenters. The molecular formula is C16H16BrFO2. The fraction of sp³-hybridized carbons (Fsp3) is 0.250. The van der Waals surface area contributed by atoms with Crippen LogP contribution in [0.2, 0.25) is 0 Å². The lowest BCUT2D eigenvalue weighted by Crippen LogP contribution is -2.00. The zero-order valence-corrected chi connectivity index (χ0v) is 13.2. The average molecular weight is 339 g/mol. The van der Waals surface area contributed by atoms with Crippen LogP contribution in [0.3, 0.4) is 0 Å². The first-order valence-electron chi connectivity index (χ1n) is 6.19. The smallest absolute Gasteiger partial charge is 0.127 e. The molecule has 0 aliphatic rings. The second-order valence-corrected chi connectivity index (χ2v) is 5.39. The first-order chi connectivity index (χ1) is 9.56. The summed E-state index contributed by atoms with van der Waals surface area (Å²) in [5.41, 5.74) is 2.83. The molecule has 106 valence electrons. The summed E-state index contributed by atoms with van der Waals surface area (Å²) < 4.78 is 24.0. The van der Waals surface area contributed by atoms with Crippen molar-refractivity contribution in [2.24, 2.45) is 0 Å². The van der Waals surface area contributed by atoms with Gasteiger partial charge in [0.05, 0.1) is 19.0 Å². The molecule has 4 heteroatoms. The van der Waals surface area contributed by atoms with Crippen molar-refractivity contribution in [2.75, 3.05) is 14.2 Å². The predicted octanol–water partition coefficient (Wildman–Crippen LogP) is 4.64. The molecule has 2 aromatic rings. The summed E-state index contributed by atoms with van der Waals surface area (Å²) >= 11 is 3.63. The molecule has 0 aromatic heterocycles. The Hall–Kier alpha value is -1.55. The minimum Gasteiger partial charge on any atom is -0.497 e. The molecule has 20 heavy (non-hydrogen) atoms. The van der Waals surface area contributed by atoms with E-state index < -0.39 is 0 Å². The number of halogens is 2. The summed E-state index contributed by atoms with van der Waals surface area (Å²) in [5, 5.41) is 0. The van der Waals surface area contributed by atoms with Gasteiger partial charge in [-0.3, -0.25) is 0 Å². The fourth-order valence-electron chi connectivity index (χ4n) is 2.08. The van der Waals surface area contributed by atoms with Gasteiger partial charge in [0.15, 0.2) is 0 Å². The number of hydrogen-bond acceptors (Lipinski definition) is 2. The van der Waals surface area contributed by atoms with Gasteiger partial charge in [0.2, 0.25) is 0 Å². The van der Waals surface area contributed by atoms with Crippen LogP contribution in [0.25, 0.3) is 0 Å². The average Bonchev–Trinajstić information content (AvgIpc) is 2.48. The lowest BCUT2D eigenvalue weighted by Gasteiger charge is -2.17. The molecule has 0 spiro atoms. The van der Waals surface area contributed by atoms with Gasteiger partial charge >= 0.3 is 0 Å². The van der Waals surface area contributed by atoms with Crippen LogP contribution in [0.1, 0.15) is 21.5 Å². The number of hydrogen-bond donors (Lipinski definition) is 0. The van der Waals surface area contributed by atoms with Gasteiger partial charge in [-0.25, -0.2) is 4.39 Å². The van der Waals surface area contributed by atoms with Crippen LogP contribution < -0.4 is 9.47 Å². The SMILES string of the molecule is COc1ccc(C(Br)c2cc(F)ccc2C)c(OC)c1. The van der Waals surface area contributed by atoms with Gasteiger partial charge in [0.1, 0.15) is 17.3 Å². The number of alkyl halides is 1. The molecule has 0 N–H and O–H groups in total. The lowest BCUT2D eigenvalue weighted by atomic mass is 9.99. The van der Waals surface area contributed by atoms with E-state index in [4.69, 9.17) is 9.47 Å². The van der Waals surface area contributed by atoms with Crippen molar-refractivity contribution >= 4 is 15.9 Å². The number of aryl methyl sites for hydroxylation is 1. The second kappa shape index (κ2) is 6.27. The monoisotopic (exact) mass is 338 g/mol. The number of methoxy groups -OCH3 is 2. The van der Waals surface area contributed by atoms with Crippen LogP contribution in [0, 0.1) is 12.7 Å². The van der Waals surface area contributed by atoms with E-state index in [2.05, 4.69) is 15.9 Å². The van der Waals surface area contributed by atoms with E-state index in [1.54, 1.807) is 26.4 Å². The van der Waals surface area contributed by atoms with Gasteiger partial charge in [0.25, 0.3) is 0 Å². The van der Waals surface area contributed by atoms with Crippen LogP contribution in [-0.4, -0.2) is 14.2 Å². The molecular weight excluding hydrogens is 323 g/mol. The minimum atomic E-state index is -0.248. The van der Waals surface area contributed by atoms with E-state index in [9.17, 15) is 4.39 Å². The van der Waals surface area contributed by atoms with Crippen LogP contribution in [-0.2, 0) is 0 Å². The number of rotatable bonds is 4. The molecule has 0 aliphatic heterocycles. The van der Waals surface area contributed by atoms with E-state index in [1.807, 2.05) is 25.1 Å². The Morgan fingerprint density at radius 1 is 1.00 bits per heavy atom. The molecule has 0 radical (unpaired) electrons. The van der Waals surface area contributed by atoms with Gasteiger partial charge in [-0.2, -0.15) is 0 Å². The van der Waals surface area contributed by atoms with E-state index in [0.29, 0.717) is 5.75 Å². The molecule has 1 unspecified atom stereocenters. The predicted molar refractivity (Wildman–Crippen MR) is 81.5 cm³/mol. The number of benzene rings is 2. The molecule has 0 saturated heterocycles. The first-order valence-corrected chi connectivity index (χ1v) is 7.10. The third-order valence-electron chi connectivity index (χ3n) is 3.23. The highest BCUT2D eigenvalue weighted by atomic mass is 79.9. The normalized spacial score (nSPS) is 12.1. The van der Waals surface area contributed by atoms with Crippen molar-refractivity contribution in [2.45, 2.75) is 11.8 Å². The van der Waals surface area contributed by atoms with Crippen molar-refractivity contribution in [1.82, 2.24) is 0 Å². The zero-order valence-electron chi connectivity index (χ0n) is 11.6. The van der Waals surface area contributed by atoms with E-state index in [1.165, 1.54) is 6.07 Å². The summed E-state index contributed by atoms with van der Waals surface area (Å²) in [6.45, 7) is 1.96. The Morgan fingerprint density at radius 2 is 1.75 bits per heavy atom. The van der Waals surface area contributed by atoms with Crippen LogP contribution in [0.5, 0.6) is 11.5 Å². The Morgan fingerprint density at radius 3 is 2.40 bits per heavy atom. The molecule has 2 nitrogen and oxygen atoms in total. The lowest BCUT2D eigenvalue weighted by molar-refractivity contribution is 0.391. The molecule has 0 aliphatic carbocycles. The topological polar surface area (TPSA) is 18.5 Å². The van der Waals surface area contributed by atoms with Crippen LogP contribution in [0.15, 0.2) is 36.4 Å².